The van der Waals surface area contributed by atoms with Crippen molar-refractivity contribution in [3.8, 4) is 0 Å². The average Bonchev–Trinajstić information content (AvgIpc) is 3.17. The van der Waals surface area contributed by atoms with Crippen LogP contribution in [0.5, 0.6) is 0 Å². The number of hydrogen-bond acceptors (Lipinski definition) is 2. The number of carbonyl (C=O) groups excluding carboxylic acids is 1. The largest absolute Gasteiger partial charge is 0.323 e. The number of unbranched alkanes of at least 4 members (excludes halogenated alkanes) is 1. The van der Waals surface area contributed by atoms with Crippen LogP contribution in [0, 0.1) is 11.8 Å². The molecule has 0 spiro atoms. The van der Waals surface area contributed by atoms with E-state index in [1.807, 2.05) is 0 Å². The van der Waals surface area contributed by atoms with Gasteiger partial charge < -0.3 is 4.90 Å². The summed E-state index contributed by atoms with van der Waals surface area (Å²) in [7, 11) is 0. The predicted molar refractivity (Wildman–Crippen MR) is 85.8 cm³/mol. The molecule has 21 heavy (non-hydrogen) atoms. The molecule has 3 heteroatoms. The maximum Gasteiger partial charge on any atom is 0.241 e. The lowest BCUT2D eigenvalue weighted by molar-refractivity contribution is -0.133. The van der Waals surface area contributed by atoms with Crippen molar-refractivity contribution in [1.82, 2.24) is 10.2 Å². The van der Waals surface area contributed by atoms with Gasteiger partial charge in [-0.15, -0.1) is 0 Å². The van der Waals surface area contributed by atoms with Crippen LogP contribution in [0.3, 0.4) is 0 Å². The third kappa shape index (κ3) is 3.13. The van der Waals surface area contributed by atoms with Crippen LogP contribution in [0.4, 0.5) is 0 Å². The second-order valence-corrected chi connectivity index (χ2v) is 7.67. The van der Waals surface area contributed by atoms with Crippen molar-refractivity contribution in [2.75, 3.05) is 0 Å². The molecule has 2 aliphatic carbocycles. The van der Waals surface area contributed by atoms with Crippen molar-refractivity contribution in [2.24, 2.45) is 11.8 Å². The van der Waals surface area contributed by atoms with Gasteiger partial charge in [0.2, 0.25) is 5.91 Å². The first-order chi connectivity index (χ1) is 10.2. The second kappa shape index (κ2) is 6.68. The molecular formula is C18H32N2O. The minimum atomic E-state index is 0.103. The number of nitrogens with one attached hydrogen (secondary N) is 1. The number of hydrogen-bond donors (Lipinski definition) is 1. The second-order valence-electron chi connectivity index (χ2n) is 7.67. The fourth-order valence-electron chi connectivity index (χ4n) is 4.76. The van der Waals surface area contributed by atoms with Crippen LogP contribution >= 0.6 is 0 Å². The Hall–Kier alpha value is -0.570. The van der Waals surface area contributed by atoms with Gasteiger partial charge in [0.25, 0.3) is 0 Å². The van der Waals surface area contributed by atoms with Gasteiger partial charge in [-0.25, -0.2) is 0 Å². The highest BCUT2D eigenvalue weighted by atomic mass is 16.2. The van der Waals surface area contributed by atoms with Crippen molar-refractivity contribution in [2.45, 2.75) is 96.3 Å². The zero-order valence-corrected chi connectivity index (χ0v) is 13.8. The molecule has 0 aromatic rings. The Morgan fingerprint density at radius 3 is 2.57 bits per heavy atom. The van der Waals surface area contributed by atoms with Crippen molar-refractivity contribution < 1.29 is 4.79 Å². The summed E-state index contributed by atoms with van der Waals surface area (Å²) >= 11 is 0. The van der Waals surface area contributed by atoms with Crippen LogP contribution in [0.2, 0.25) is 0 Å². The number of rotatable bonds is 5. The molecular weight excluding hydrogens is 260 g/mol. The SMILES string of the molecule is CCCCC1NC(C2CCCC2)N(C2CCC(C)C2)C1=O. The van der Waals surface area contributed by atoms with E-state index in [1.54, 1.807) is 0 Å². The molecule has 1 amide bonds. The topological polar surface area (TPSA) is 32.3 Å². The smallest absolute Gasteiger partial charge is 0.241 e. The van der Waals surface area contributed by atoms with Crippen LogP contribution < -0.4 is 5.32 Å². The lowest BCUT2D eigenvalue weighted by Gasteiger charge is -2.34. The molecule has 4 unspecified atom stereocenters. The van der Waals surface area contributed by atoms with Crippen LogP contribution in [0.1, 0.15) is 78.1 Å². The molecule has 3 aliphatic rings. The van der Waals surface area contributed by atoms with E-state index < -0.39 is 0 Å². The maximum atomic E-state index is 12.9. The number of nitrogens with zero attached hydrogens (tertiary/aromatic N) is 1. The monoisotopic (exact) mass is 292 g/mol. The van der Waals surface area contributed by atoms with Crippen LogP contribution in [0.25, 0.3) is 0 Å². The molecule has 120 valence electrons. The summed E-state index contributed by atoms with van der Waals surface area (Å²) in [4.78, 5) is 15.2. The average molecular weight is 292 g/mol. The Morgan fingerprint density at radius 1 is 1.19 bits per heavy atom. The summed E-state index contributed by atoms with van der Waals surface area (Å²) in [6.45, 7) is 4.55. The summed E-state index contributed by atoms with van der Waals surface area (Å²) in [6.07, 6.45) is 12.8. The number of carbonyl (C=O) groups is 1. The summed E-state index contributed by atoms with van der Waals surface area (Å²) in [5, 5.41) is 3.74. The first kappa shape index (κ1) is 15.3. The third-order valence-corrected chi connectivity index (χ3v) is 5.98. The summed E-state index contributed by atoms with van der Waals surface area (Å²) in [5.41, 5.74) is 0. The number of amides is 1. The first-order valence-corrected chi connectivity index (χ1v) is 9.29. The Balaban J connectivity index is 1.73. The van der Waals surface area contributed by atoms with Gasteiger partial charge in [-0.05, 0) is 50.4 Å². The molecule has 1 aliphatic heterocycles. The highest BCUT2D eigenvalue weighted by Gasteiger charge is 2.46. The first-order valence-electron chi connectivity index (χ1n) is 9.29. The van der Waals surface area contributed by atoms with Gasteiger partial charge in [0.15, 0.2) is 0 Å². The van der Waals surface area contributed by atoms with Gasteiger partial charge in [-0.1, -0.05) is 39.5 Å². The lowest BCUT2D eigenvalue weighted by Crippen LogP contribution is -2.47. The van der Waals surface area contributed by atoms with Gasteiger partial charge in [-0.3, -0.25) is 10.1 Å². The third-order valence-electron chi connectivity index (χ3n) is 5.98. The molecule has 3 nitrogen and oxygen atoms in total. The summed E-state index contributed by atoms with van der Waals surface area (Å²) < 4.78 is 0. The van der Waals surface area contributed by atoms with Gasteiger partial charge in [0, 0.05) is 6.04 Å². The zero-order valence-electron chi connectivity index (χ0n) is 13.8. The quantitative estimate of drug-likeness (QED) is 0.838. The van der Waals surface area contributed by atoms with Crippen LogP contribution in [0.15, 0.2) is 0 Å². The van der Waals surface area contributed by atoms with Gasteiger partial charge >= 0.3 is 0 Å². The highest BCUT2D eigenvalue weighted by molar-refractivity contribution is 5.84. The molecule has 4 atom stereocenters. The molecule has 0 aromatic heterocycles. The van der Waals surface area contributed by atoms with E-state index in [4.69, 9.17) is 0 Å². The van der Waals surface area contributed by atoms with E-state index in [0.717, 1.165) is 18.8 Å². The van der Waals surface area contributed by atoms with Gasteiger partial charge in [-0.2, -0.15) is 0 Å². The standard InChI is InChI=1S/C18H32N2O/c1-3-4-9-16-18(21)20(15-11-10-13(2)12-15)17(19-16)14-7-5-6-8-14/h13-17,19H,3-12H2,1-2H3. The molecule has 3 rings (SSSR count). The van der Waals surface area contributed by atoms with Crippen molar-refractivity contribution in [3.63, 3.8) is 0 Å². The molecule has 0 radical (unpaired) electrons. The molecule has 2 saturated carbocycles. The van der Waals surface area contributed by atoms with E-state index in [2.05, 4.69) is 24.1 Å². The van der Waals surface area contributed by atoms with Crippen molar-refractivity contribution in [1.29, 1.82) is 0 Å². The Morgan fingerprint density at radius 2 is 1.95 bits per heavy atom. The fourth-order valence-corrected chi connectivity index (χ4v) is 4.76. The predicted octanol–water partition coefficient (Wildman–Crippen LogP) is 3.68. The summed E-state index contributed by atoms with van der Waals surface area (Å²) in [6, 6.07) is 0.615. The van der Waals surface area contributed by atoms with Gasteiger partial charge in [0.05, 0.1) is 12.2 Å². The van der Waals surface area contributed by atoms with Crippen molar-refractivity contribution >= 4 is 5.91 Å². The molecule has 0 bridgehead atoms. The lowest BCUT2D eigenvalue weighted by atomic mass is 10.0. The van der Waals surface area contributed by atoms with E-state index in [9.17, 15) is 4.79 Å². The Bertz CT molecular complexity index is 364. The van der Waals surface area contributed by atoms with Crippen LogP contribution in [-0.2, 0) is 4.79 Å². The van der Waals surface area contributed by atoms with Gasteiger partial charge in [0.1, 0.15) is 0 Å². The van der Waals surface area contributed by atoms with Crippen LogP contribution in [-0.4, -0.2) is 29.1 Å². The molecule has 1 N–H and O–H groups in total. The Kier molecular flexibility index (Phi) is 4.88. The minimum absolute atomic E-state index is 0.103. The maximum absolute atomic E-state index is 12.9. The Labute approximate surface area is 129 Å². The molecule has 1 saturated heterocycles. The van der Waals surface area contributed by atoms with Crippen molar-refractivity contribution in [3.05, 3.63) is 0 Å². The molecule has 3 fully saturated rings. The normalized spacial score (nSPS) is 37.8. The molecule has 1 heterocycles. The fraction of sp³-hybridized carbons (Fsp3) is 0.944. The minimum Gasteiger partial charge on any atom is -0.323 e. The zero-order chi connectivity index (χ0) is 14.8. The summed E-state index contributed by atoms with van der Waals surface area (Å²) in [5.74, 6) is 1.91. The van der Waals surface area contributed by atoms with E-state index in [1.165, 1.54) is 51.4 Å². The van der Waals surface area contributed by atoms with E-state index in [-0.39, 0.29) is 6.04 Å². The highest BCUT2D eigenvalue weighted by Crippen LogP contribution is 2.38. The van der Waals surface area contributed by atoms with E-state index >= 15 is 0 Å². The molecule has 0 aromatic carbocycles. The van der Waals surface area contributed by atoms with E-state index in [0.29, 0.717) is 24.0 Å².